The molecule has 0 amide bonds. The lowest BCUT2D eigenvalue weighted by molar-refractivity contribution is 0.454. The summed E-state index contributed by atoms with van der Waals surface area (Å²) >= 11 is -2.61. The van der Waals surface area contributed by atoms with E-state index in [9.17, 15) is 0 Å². The molecule has 0 aromatic rings. The fourth-order valence-corrected chi connectivity index (χ4v) is 0. The third-order valence-electron chi connectivity index (χ3n) is 0. The molecular weight excluding hydrogens is 188 g/mol. The quantitative estimate of drug-likeness (QED) is 0.145. The highest BCUT2D eigenvalue weighted by atomic mass is 32.2. The molecule has 0 aliphatic carbocycles. The molecule has 0 unspecified atom stereocenters. The van der Waals surface area contributed by atoms with Gasteiger partial charge in [0.05, 0.1) is 0 Å². The summed E-state index contributed by atoms with van der Waals surface area (Å²) in [6.45, 7) is 0. The first-order chi connectivity index (χ1) is 3.46. The SMILES string of the molecule is O=S(O)O.O=[SH](=O)O.[SiH4]. The van der Waals surface area contributed by atoms with Crippen molar-refractivity contribution in [2.24, 2.45) is 0 Å². The smallest absolute Gasteiger partial charge is 0.288 e. The van der Waals surface area contributed by atoms with E-state index in [-0.39, 0.29) is 11.0 Å². The summed E-state index contributed by atoms with van der Waals surface area (Å²) in [5.74, 6) is 0. The highest BCUT2D eigenvalue weighted by Gasteiger charge is 1.62. The molecule has 0 rings (SSSR count). The van der Waals surface area contributed by atoms with E-state index in [4.69, 9.17) is 26.3 Å². The van der Waals surface area contributed by atoms with Crippen LogP contribution in [0.3, 0.4) is 0 Å². The van der Waals surface area contributed by atoms with Crippen molar-refractivity contribution in [2.75, 3.05) is 0 Å². The molecule has 0 bridgehead atoms. The van der Waals surface area contributed by atoms with E-state index >= 15 is 0 Å². The Labute approximate surface area is 60.2 Å². The van der Waals surface area contributed by atoms with Crippen LogP contribution in [0.2, 0.25) is 0 Å². The van der Waals surface area contributed by atoms with Crippen molar-refractivity contribution in [3.8, 4) is 0 Å². The Balaban J connectivity index is -0.0000000720. The minimum Gasteiger partial charge on any atom is -0.288 e. The topological polar surface area (TPSA) is 112 Å². The summed E-state index contributed by atoms with van der Waals surface area (Å²) in [7, 11) is -3.12. The maximum absolute atomic E-state index is 8.67. The molecule has 0 spiro atoms. The molecule has 60 valence electrons. The van der Waals surface area contributed by atoms with Crippen LogP contribution in [0.5, 0.6) is 0 Å². The summed E-state index contributed by atoms with van der Waals surface area (Å²) in [5.41, 5.74) is 0. The Morgan fingerprint density at radius 2 is 1.22 bits per heavy atom. The summed E-state index contributed by atoms with van der Waals surface area (Å²) in [6, 6.07) is 0. The Hall–Kier alpha value is 0.197. The highest BCUT2D eigenvalue weighted by Crippen LogP contribution is 1.44. The molecule has 0 radical (unpaired) electrons. The van der Waals surface area contributed by atoms with Gasteiger partial charge in [-0.05, 0) is 11.0 Å². The predicted molar refractivity (Wildman–Crippen MR) is 37.7 cm³/mol. The third kappa shape index (κ3) is 8120. The molecule has 0 aliphatic heterocycles. The molecule has 0 atom stereocenters. The van der Waals surface area contributed by atoms with Crippen LogP contribution >= 0.6 is 0 Å². The first kappa shape index (κ1) is 16.1. The van der Waals surface area contributed by atoms with E-state index in [1.807, 2.05) is 0 Å². The first-order valence-corrected chi connectivity index (χ1v) is 3.29. The second-order valence-corrected chi connectivity index (χ2v) is 1.41. The maximum atomic E-state index is 8.67. The van der Waals surface area contributed by atoms with Crippen LogP contribution in [0.25, 0.3) is 0 Å². The standard InChI is InChI=1S/2H2O3S.H4Si/c2*1-4(2)3;/h(H2,1,2,3);4H,(H,1,2,3);1H4. The van der Waals surface area contributed by atoms with Crippen molar-refractivity contribution in [3.63, 3.8) is 0 Å². The molecule has 0 saturated heterocycles. The van der Waals surface area contributed by atoms with E-state index in [1.54, 1.807) is 0 Å². The number of rotatable bonds is 0. The van der Waals surface area contributed by atoms with Crippen molar-refractivity contribution in [2.45, 2.75) is 0 Å². The van der Waals surface area contributed by atoms with Crippen LogP contribution in [-0.2, 0) is 22.3 Å². The van der Waals surface area contributed by atoms with Gasteiger partial charge in [0.1, 0.15) is 0 Å². The van der Waals surface area contributed by atoms with Crippen LogP contribution in [0, 0.1) is 0 Å². The number of hydrogen-bond donors (Lipinski definition) is 4. The fraction of sp³-hybridized carbons (Fsp3) is 0. The van der Waals surface area contributed by atoms with Crippen LogP contribution < -0.4 is 0 Å². The summed E-state index contributed by atoms with van der Waals surface area (Å²) in [6.07, 6.45) is 0. The van der Waals surface area contributed by atoms with Crippen molar-refractivity contribution in [1.29, 1.82) is 0 Å². The lowest BCUT2D eigenvalue weighted by Crippen LogP contribution is -1.74. The van der Waals surface area contributed by atoms with Crippen LogP contribution in [0.4, 0.5) is 0 Å². The second-order valence-electron chi connectivity index (χ2n) is 0.469. The minimum atomic E-state index is -3.12. The van der Waals surface area contributed by atoms with Gasteiger partial charge >= 0.3 is 0 Å². The second kappa shape index (κ2) is 11.1. The monoisotopic (exact) mass is 196 g/mol. The molecule has 0 saturated carbocycles. The average molecular weight is 196 g/mol. The lowest BCUT2D eigenvalue weighted by atomic mass is 15.8. The van der Waals surface area contributed by atoms with Gasteiger partial charge in [-0.1, -0.05) is 0 Å². The summed E-state index contributed by atoms with van der Waals surface area (Å²) < 4.78 is 47.0. The first-order valence-electron chi connectivity index (χ1n) is 1.10. The zero-order valence-corrected chi connectivity index (χ0v) is 5.13. The van der Waals surface area contributed by atoms with E-state index in [0.717, 1.165) is 0 Å². The van der Waals surface area contributed by atoms with Gasteiger partial charge in [0, 0.05) is 0 Å². The minimum absolute atomic E-state index is 0. The molecule has 9 heavy (non-hydrogen) atoms. The largest absolute Gasteiger partial charge is 0.299 e. The Morgan fingerprint density at radius 3 is 1.22 bits per heavy atom. The van der Waals surface area contributed by atoms with Gasteiger partial charge in [0.25, 0.3) is 22.3 Å². The lowest BCUT2D eigenvalue weighted by Gasteiger charge is -1.59. The van der Waals surface area contributed by atoms with Gasteiger partial charge in [-0.3, -0.25) is 13.7 Å². The van der Waals surface area contributed by atoms with E-state index in [1.165, 1.54) is 0 Å². The highest BCUT2D eigenvalue weighted by molar-refractivity contribution is 7.73. The number of hydrogen-bond acceptors (Lipinski definition) is 3. The van der Waals surface area contributed by atoms with Crippen molar-refractivity contribution >= 4 is 33.3 Å². The van der Waals surface area contributed by atoms with Gasteiger partial charge in [-0.25, -0.2) is 8.42 Å². The molecule has 3 N–H and O–H groups in total. The van der Waals surface area contributed by atoms with Crippen LogP contribution in [-0.4, -0.2) is 37.3 Å². The molecule has 0 aromatic carbocycles. The van der Waals surface area contributed by atoms with Gasteiger partial charge in [0.2, 0.25) is 0 Å². The zero-order valence-electron chi connectivity index (χ0n) is 3.42. The molecular formula is H8O6S2Si. The summed E-state index contributed by atoms with van der Waals surface area (Å²) in [4.78, 5) is 0. The molecule has 0 heterocycles. The fourth-order valence-electron chi connectivity index (χ4n) is 0. The van der Waals surface area contributed by atoms with Gasteiger partial charge in [-0.2, -0.15) is 4.21 Å². The van der Waals surface area contributed by atoms with Gasteiger partial charge < -0.3 is 0 Å². The summed E-state index contributed by atoms with van der Waals surface area (Å²) in [5, 5.41) is 0. The zero-order chi connectivity index (χ0) is 7.15. The van der Waals surface area contributed by atoms with Gasteiger partial charge in [-0.15, -0.1) is 0 Å². The van der Waals surface area contributed by atoms with Crippen LogP contribution in [0.1, 0.15) is 0 Å². The maximum Gasteiger partial charge on any atom is 0.299 e. The van der Waals surface area contributed by atoms with Crippen molar-refractivity contribution in [1.82, 2.24) is 0 Å². The number of thiol groups is 1. The van der Waals surface area contributed by atoms with E-state index < -0.39 is 22.3 Å². The average Bonchev–Trinajstić information content (AvgIpc) is 1.25. The van der Waals surface area contributed by atoms with Crippen molar-refractivity contribution in [3.05, 3.63) is 0 Å². The predicted octanol–water partition coefficient (Wildman–Crippen LogP) is -2.70. The molecule has 0 aromatic heterocycles. The third-order valence-corrected chi connectivity index (χ3v) is 0. The molecule has 0 fully saturated rings. The Morgan fingerprint density at radius 1 is 1.22 bits per heavy atom. The van der Waals surface area contributed by atoms with Crippen molar-refractivity contribution < 1.29 is 26.3 Å². The molecule has 9 heteroatoms. The Kier molecular flexibility index (Phi) is 19.8. The Bertz CT molecular complexity index is 113. The normalized spacial score (nSPS) is 7.67. The van der Waals surface area contributed by atoms with E-state index in [0.29, 0.717) is 0 Å². The van der Waals surface area contributed by atoms with E-state index in [2.05, 4.69) is 0 Å². The molecule has 0 aliphatic rings. The van der Waals surface area contributed by atoms with Crippen LogP contribution in [0.15, 0.2) is 0 Å². The van der Waals surface area contributed by atoms with Gasteiger partial charge in [0.15, 0.2) is 0 Å². The molecule has 6 nitrogen and oxygen atoms in total.